The highest BCUT2D eigenvalue weighted by Crippen LogP contribution is 2.45. The number of aryl methyl sites for hydroxylation is 1. The molecule has 136 valence electrons. The maximum absolute atomic E-state index is 13.8. The van der Waals surface area contributed by atoms with E-state index in [0.717, 1.165) is 24.3 Å². The zero-order valence-corrected chi connectivity index (χ0v) is 16.3. The molecule has 1 heteroatoms. The molecule has 1 saturated carbocycles. The Morgan fingerprint density at radius 2 is 2.08 bits per heavy atom. The second-order valence-corrected chi connectivity index (χ2v) is 7.83. The van der Waals surface area contributed by atoms with E-state index in [4.69, 9.17) is 0 Å². The molecule has 1 aliphatic carbocycles. The summed E-state index contributed by atoms with van der Waals surface area (Å²) in [7, 11) is 0. The Kier molecular flexibility index (Phi) is 6.81. The summed E-state index contributed by atoms with van der Waals surface area (Å²) in [5.41, 5.74) is 3.37. The number of benzene rings is 1. The zero-order chi connectivity index (χ0) is 18.4. The summed E-state index contributed by atoms with van der Waals surface area (Å²) in [5.74, 6) is 1.26. The first kappa shape index (κ1) is 19.7. The van der Waals surface area contributed by atoms with Gasteiger partial charge >= 0.3 is 0 Å². The second-order valence-electron chi connectivity index (χ2n) is 7.83. The predicted octanol–water partition coefficient (Wildman–Crippen LogP) is 7.30. The average Bonchev–Trinajstić information content (AvgIpc) is 3.43. The van der Waals surface area contributed by atoms with Gasteiger partial charge in [-0.2, -0.15) is 0 Å². The molecule has 25 heavy (non-hydrogen) atoms. The van der Waals surface area contributed by atoms with E-state index < -0.39 is 0 Å². The van der Waals surface area contributed by atoms with Crippen LogP contribution in [0, 0.1) is 24.6 Å². The van der Waals surface area contributed by atoms with Gasteiger partial charge < -0.3 is 0 Å². The van der Waals surface area contributed by atoms with Gasteiger partial charge in [-0.25, -0.2) is 4.39 Å². The van der Waals surface area contributed by atoms with Crippen molar-refractivity contribution in [1.29, 1.82) is 0 Å². The molecule has 0 amide bonds. The maximum Gasteiger partial charge on any atom is 0.126 e. The van der Waals surface area contributed by atoms with Crippen molar-refractivity contribution in [3.8, 4) is 0 Å². The van der Waals surface area contributed by atoms with Gasteiger partial charge in [0.15, 0.2) is 0 Å². The molecule has 0 N–H and O–H groups in total. The van der Waals surface area contributed by atoms with E-state index in [1.54, 1.807) is 6.07 Å². The summed E-state index contributed by atoms with van der Waals surface area (Å²) in [6.07, 6.45) is 14.4. The molecule has 0 saturated heterocycles. The minimum Gasteiger partial charge on any atom is -0.207 e. The zero-order valence-electron chi connectivity index (χ0n) is 16.3. The van der Waals surface area contributed by atoms with Gasteiger partial charge in [0.1, 0.15) is 5.82 Å². The first-order chi connectivity index (χ1) is 11.9. The highest BCUT2D eigenvalue weighted by molar-refractivity contribution is 5.40. The lowest BCUT2D eigenvalue weighted by atomic mass is 9.67. The molecule has 0 aliphatic heterocycles. The molecule has 0 bridgehead atoms. The van der Waals surface area contributed by atoms with Crippen molar-refractivity contribution in [2.75, 3.05) is 0 Å². The molecular weight excluding hydrogens is 307 g/mol. The Morgan fingerprint density at radius 3 is 2.64 bits per heavy atom. The van der Waals surface area contributed by atoms with Gasteiger partial charge in [0.2, 0.25) is 0 Å². The normalized spacial score (nSPS) is 19.0. The summed E-state index contributed by atoms with van der Waals surface area (Å²) in [6.45, 7) is 12.5. The van der Waals surface area contributed by atoms with Gasteiger partial charge in [-0.05, 0) is 55.2 Å². The van der Waals surface area contributed by atoms with E-state index >= 15 is 0 Å². The Balaban J connectivity index is 2.48. The fourth-order valence-corrected chi connectivity index (χ4v) is 3.69. The van der Waals surface area contributed by atoms with E-state index in [1.165, 1.54) is 30.4 Å². The molecule has 2 atom stereocenters. The smallest absolute Gasteiger partial charge is 0.126 e. The molecule has 1 fully saturated rings. The number of halogens is 1. The standard InChI is InChI=1S/C24H33F/c1-6-8-9-10-22(18(3)7-2)24(5,16-15-20-11-12-20)21-13-14-23(25)19(4)17-21/h6,8-10,13-14,17-18,20H,1,7,11-12,15-16H2,2-5H3/b9-8-,22-10+. The molecule has 0 radical (unpaired) electrons. The SMILES string of the molecule is C=C/C=C\C=C(/C(C)CC)C(C)(CCC1CC1)c1ccc(F)c(C)c1. The molecule has 1 aromatic carbocycles. The maximum atomic E-state index is 13.8. The number of hydrogen-bond acceptors (Lipinski definition) is 0. The van der Waals surface area contributed by atoms with Crippen LogP contribution < -0.4 is 0 Å². The van der Waals surface area contributed by atoms with Crippen LogP contribution in [-0.2, 0) is 5.41 Å². The van der Waals surface area contributed by atoms with Crippen LogP contribution in [0.15, 0.2) is 54.7 Å². The highest BCUT2D eigenvalue weighted by atomic mass is 19.1. The molecule has 0 spiro atoms. The fraction of sp³-hybridized carbons (Fsp3) is 0.500. The summed E-state index contributed by atoms with van der Waals surface area (Å²) in [4.78, 5) is 0. The third-order valence-electron chi connectivity index (χ3n) is 5.85. The molecule has 0 heterocycles. The molecule has 0 aromatic heterocycles. The van der Waals surface area contributed by atoms with Crippen LogP contribution in [-0.4, -0.2) is 0 Å². The van der Waals surface area contributed by atoms with Crippen LogP contribution in [0.4, 0.5) is 4.39 Å². The third kappa shape index (κ3) is 4.93. The Labute approximate surface area is 153 Å². The largest absolute Gasteiger partial charge is 0.207 e. The number of rotatable bonds is 9. The van der Waals surface area contributed by atoms with Crippen LogP contribution in [0.1, 0.15) is 64.0 Å². The van der Waals surface area contributed by atoms with Crippen molar-refractivity contribution in [3.05, 3.63) is 71.6 Å². The Hall–Kier alpha value is -1.63. The van der Waals surface area contributed by atoms with Crippen molar-refractivity contribution in [2.45, 2.75) is 65.2 Å². The van der Waals surface area contributed by atoms with Crippen LogP contribution in [0.2, 0.25) is 0 Å². The molecular formula is C24H33F. The Morgan fingerprint density at radius 1 is 1.36 bits per heavy atom. The first-order valence-corrected chi connectivity index (χ1v) is 9.68. The predicted molar refractivity (Wildman–Crippen MR) is 107 cm³/mol. The van der Waals surface area contributed by atoms with Gasteiger partial charge in [0, 0.05) is 5.41 Å². The van der Waals surface area contributed by atoms with Crippen LogP contribution in [0.3, 0.4) is 0 Å². The van der Waals surface area contributed by atoms with Gasteiger partial charge in [-0.1, -0.05) is 82.2 Å². The highest BCUT2D eigenvalue weighted by Gasteiger charge is 2.35. The lowest BCUT2D eigenvalue weighted by Crippen LogP contribution is -2.29. The lowest BCUT2D eigenvalue weighted by Gasteiger charge is -2.37. The molecule has 1 aliphatic rings. The molecule has 2 rings (SSSR count). The molecule has 1 aromatic rings. The fourth-order valence-electron chi connectivity index (χ4n) is 3.69. The monoisotopic (exact) mass is 340 g/mol. The third-order valence-corrected chi connectivity index (χ3v) is 5.85. The van der Waals surface area contributed by atoms with Gasteiger partial charge in [0.05, 0.1) is 0 Å². The van der Waals surface area contributed by atoms with E-state index in [0.29, 0.717) is 5.92 Å². The summed E-state index contributed by atoms with van der Waals surface area (Å²) >= 11 is 0. The quantitative estimate of drug-likeness (QED) is 0.414. The van der Waals surface area contributed by atoms with Crippen LogP contribution in [0.25, 0.3) is 0 Å². The van der Waals surface area contributed by atoms with E-state index in [2.05, 4.69) is 45.6 Å². The summed E-state index contributed by atoms with van der Waals surface area (Å²) in [6, 6.07) is 5.67. The minimum atomic E-state index is -0.117. The number of allylic oxidation sites excluding steroid dienone is 5. The van der Waals surface area contributed by atoms with Gasteiger partial charge in [0.25, 0.3) is 0 Å². The molecule has 2 unspecified atom stereocenters. The van der Waals surface area contributed by atoms with Crippen molar-refractivity contribution < 1.29 is 4.39 Å². The summed E-state index contributed by atoms with van der Waals surface area (Å²) in [5, 5.41) is 0. The van der Waals surface area contributed by atoms with Crippen LogP contribution in [0.5, 0.6) is 0 Å². The van der Waals surface area contributed by atoms with Crippen molar-refractivity contribution >= 4 is 0 Å². The van der Waals surface area contributed by atoms with Gasteiger partial charge in [-0.15, -0.1) is 0 Å². The van der Waals surface area contributed by atoms with Crippen molar-refractivity contribution in [1.82, 2.24) is 0 Å². The second kappa shape index (κ2) is 8.65. The summed E-state index contributed by atoms with van der Waals surface area (Å²) < 4.78 is 13.8. The Bertz CT molecular complexity index is 648. The first-order valence-electron chi connectivity index (χ1n) is 9.68. The average molecular weight is 341 g/mol. The van der Waals surface area contributed by atoms with E-state index in [9.17, 15) is 4.39 Å². The van der Waals surface area contributed by atoms with E-state index in [-0.39, 0.29) is 11.2 Å². The molecule has 0 nitrogen and oxygen atoms in total. The lowest BCUT2D eigenvalue weighted by molar-refractivity contribution is 0.418. The number of hydrogen-bond donors (Lipinski definition) is 0. The van der Waals surface area contributed by atoms with Crippen molar-refractivity contribution in [3.63, 3.8) is 0 Å². The topological polar surface area (TPSA) is 0 Å². The minimum absolute atomic E-state index is 0.0536. The van der Waals surface area contributed by atoms with E-state index in [1.807, 2.05) is 25.1 Å². The van der Waals surface area contributed by atoms with Gasteiger partial charge in [-0.3, -0.25) is 0 Å². The van der Waals surface area contributed by atoms with Crippen LogP contribution >= 0.6 is 0 Å². The van der Waals surface area contributed by atoms with Crippen molar-refractivity contribution in [2.24, 2.45) is 11.8 Å².